The van der Waals surface area contributed by atoms with Crippen molar-refractivity contribution in [1.82, 2.24) is 10.3 Å². The predicted molar refractivity (Wildman–Crippen MR) is 74.3 cm³/mol. The maximum Gasteiger partial charge on any atom is 0.280 e. The molecule has 1 aromatic rings. The third-order valence-corrected chi connectivity index (χ3v) is 4.67. The van der Waals surface area contributed by atoms with E-state index in [0.717, 1.165) is 37.0 Å². The summed E-state index contributed by atoms with van der Waals surface area (Å²) in [4.78, 5) is 39.7. The molecule has 1 fully saturated rings. The summed E-state index contributed by atoms with van der Waals surface area (Å²) in [6.07, 6.45) is 7.86. The zero-order chi connectivity index (χ0) is 14.1. The van der Waals surface area contributed by atoms with E-state index >= 15 is 0 Å². The Bertz CT molecular complexity index is 576. The van der Waals surface area contributed by atoms with Crippen LogP contribution < -0.4 is 5.32 Å². The minimum atomic E-state index is -0.312. The van der Waals surface area contributed by atoms with Crippen LogP contribution in [0.2, 0.25) is 0 Å². The number of amides is 1. The number of thiazole rings is 1. The SMILES string of the molecule is O=C(NC1CCCCC1)c1nc2c(s1)C(=O)C=CC2=O. The van der Waals surface area contributed by atoms with Crippen LogP contribution in [0.5, 0.6) is 0 Å². The highest BCUT2D eigenvalue weighted by molar-refractivity contribution is 7.16. The summed E-state index contributed by atoms with van der Waals surface area (Å²) in [5, 5.41) is 3.14. The second kappa shape index (κ2) is 5.28. The summed E-state index contributed by atoms with van der Waals surface area (Å²) in [6.45, 7) is 0. The second-order valence-corrected chi connectivity index (χ2v) is 6.07. The van der Waals surface area contributed by atoms with Crippen LogP contribution in [0.1, 0.15) is 62.1 Å². The molecule has 0 unspecified atom stereocenters. The lowest BCUT2D eigenvalue weighted by molar-refractivity contribution is 0.0926. The molecule has 2 aliphatic rings. The van der Waals surface area contributed by atoms with Crippen molar-refractivity contribution in [3.05, 3.63) is 27.7 Å². The van der Waals surface area contributed by atoms with Crippen molar-refractivity contribution < 1.29 is 14.4 Å². The molecule has 0 spiro atoms. The number of rotatable bonds is 2. The van der Waals surface area contributed by atoms with Gasteiger partial charge in [0.15, 0.2) is 10.8 Å². The Morgan fingerprint density at radius 2 is 1.85 bits per heavy atom. The van der Waals surface area contributed by atoms with Crippen molar-refractivity contribution >= 4 is 28.8 Å². The van der Waals surface area contributed by atoms with Crippen LogP contribution in [0.15, 0.2) is 12.2 Å². The highest BCUT2D eigenvalue weighted by Gasteiger charge is 2.27. The maximum absolute atomic E-state index is 12.1. The number of hydrogen-bond acceptors (Lipinski definition) is 5. The molecule has 0 radical (unpaired) electrons. The van der Waals surface area contributed by atoms with E-state index in [0.29, 0.717) is 0 Å². The summed E-state index contributed by atoms with van der Waals surface area (Å²) in [5.74, 6) is -0.849. The average Bonchev–Trinajstić information content (AvgIpc) is 2.91. The number of allylic oxidation sites excluding steroid dienone is 2. The molecule has 1 saturated carbocycles. The van der Waals surface area contributed by atoms with Crippen LogP contribution in [0.3, 0.4) is 0 Å². The van der Waals surface area contributed by atoms with Crippen molar-refractivity contribution in [1.29, 1.82) is 0 Å². The smallest absolute Gasteiger partial charge is 0.280 e. The Morgan fingerprint density at radius 1 is 1.15 bits per heavy atom. The fraction of sp³-hybridized carbons (Fsp3) is 0.429. The maximum atomic E-state index is 12.1. The summed E-state index contributed by atoms with van der Waals surface area (Å²) >= 11 is 0.999. The van der Waals surface area contributed by atoms with Gasteiger partial charge in [0.05, 0.1) is 0 Å². The van der Waals surface area contributed by atoms with Crippen LogP contribution in [-0.4, -0.2) is 28.5 Å². The standard InChI is InChI=1S/C14H14N2O3S/c17-9-6-7-10(18)12-11(9)16-14(20-12)13(19)15-8-4-2-1-3-5-8/h6-8H,1-5H2,(H,15,19). The Hall–Kier alpha value is -1.82. The third kappa shape index (κ3) is 2.43. The molecule has 1 heterocycles. The lowest BCUT2D eigenvalue weighted by atomic mass is 9.95. The molecule has 0 aromatic carbocycles. The number of carbonyl (C=O) groups excluding carboxylic acids is 3. The molecule has 2 aliphatic carbocycles. The first kappa shape index (κ1) is 13.2. The molecule has 20 heavy (non-hydrogen) atoms. The zero-order valence-electron chi connectivity index (χ0n) is 10.8. The van der Waals surface area contributed by atoms with Gasteiger partial charge >= 0.3 is 0 Å². The number of aromatic nitrogens is 1. The number of carbonyl (C=O) groups is 3. The first-order valence-corrected chi connectivity index (χ1v) is 7.55. The summed E-state index contributed by atoms with van der Waals surface area (Å²) in [7, 11) is 0. The molecular formula is C14H14N2O3S. The fourth-order valence-corrected chi connectivity index (χ4v) is 3.44. The first-order chi connectivity index (χ1) is 9.65. The van der Waals surface area contributed by atoms with Gasteiger partial charge in [-0.25, -0.2) is 4.98 Å². The van der Waals surface area contributed by atoms with Crippen LogP contribution in [0, 0.1) is 0 Å². The normalized spacial score (nSPS) is 19.0. The highest BCUT2D eigenvalue weighted by atomic mass is 32.1. The van der Waals surface area contributed by atoms with Crippen LogP contribution in [0.4, 0.5) is 0 Å². The number of ketones is 2. The number of nitrogens with one attached hydrogen (secondary N) is 1. The predicted octanol–water partition coefficient (Wildman–Crippen LogP) is 2.14. The molecule has 1 N–H and O–H groups in total. The van der Waals surface area contributed by atoms with Crippen LogP contribution in [-0.2, 0) is 0 Å². The quantitative estimate of drug-likeness (QED) is 0.905. The van der Waals surface area contributed by atoms with Crippen molar-refractivity contribution in [3.63, 3.8) is 0 Å². The molecular weight excluding hydrogens is 276 g/mol. The van der Waals surface area contributed by atoms with Gasteiger partial charge in [0.2, 0.25) is 5.78 Å². The minimum absolute atomic E-state index is 0.108. The van der Waals surface area contributed by atoms with E-state index < -0.39 is 0 Å². The van der Waals surface area contributed by atoms with E-state index in [-0.39, 0.29) is 39.1 Å². The van der Waals surface area contributed by atoms with E-state index in [4.69, 9.17) is 0 Å². The molecule has 6 heteroatoms. The molecule has 0 saturated heterocycles. The average molecular weight is 290 g/mol. The number of fused-ring (bicyclic) bond motifs is 1. The molecule has 1 aromatic heterocycles. The monoisotopic (exact) mass is 290 g/mol. The summed E-state index contributed by atoms with van der Waals surface area (Å²) in [5.41, 5.74) is 0.108. The van der Waals surface area contributed by atoms with E-state index in [1.165, 1.54) is 18.6 Å². The van der Waals surface area contributed by atoms with Gasteiger partial charge in [0.25, 0.3) is 5.91 Å². The van der Waals surface area contributed by atoms with Crippen molar-refractivity contribution in [2.24, 2.45) is 0 Å². The van der Waals surface area contributed by atoms with Crippen molar-refractivity contribution in [2.45, 2.75) is 38.1 Å². The molecule has 0 aliphatic heterocycles. The zero-order valence-corrected chi connectivity index (χ0v) is 11.7. The fourth-order valence-electron chi connectivity index (χ4n) is 2.55. The van der Waals surface area contributed by atoms with Gasteiger partial charge in [-0.3, -0.25) is 14.4 Å². The van der Waals surface area contributed by atoms with Crippen LogP contribution in [0.25, 0.3) is 0 Å². The lowest BCUT2D eigenvalue weighted by Gasteiger charge is -2.22. The Morgan fingerprint density at radius 3 is 2.55 bits per heavy atom. The van der Waals surface area contributed by atoms with E-state index in [1.54, 1.807) is 0 Å². The molecule has 0 bridgehead atoms. The molecule has 5 nitrogen and oxygen atoms in total. The summed E-state index contributed by atoms with van der Waals surface area (Å²) in [6, 6.07) is 0.182. The van der Waals surface area contributed by atoms with E-state index in [1.807, 2.05) is 0 Å². The molecule has 0 atom stereocenters. The Labute approximate surface area is 120 Å². The summed E-state index contributed by atoms with van der Waals surface area (Å²) < 4.78 is 0. The van der Waals surface area contributed by atoms with Gasteiger partial charge in [0.1, 0.15) is 10.6 Å². The Kier molecular flexibility index (Phi) is 3.48. The lowest BCUT2D eigenvalue weighted by Crippen LogP contribution is -2.36. The topological polar surface area (TPSA) is 76.1 Å². The van der Waals surface area contributed by atoms with Crippen LogP contribution >= 0.6 is 11.3 Å². The van der Waals surface area contributed by atoms with E-state index in [9.17, 15) is 14.4 Å². The third-order valence-electron chi connectivity index (χ3n) is 3.61. The largest absolute Gasteiger partial charge is 0.347 e. The van der Waals surface area contributed by atoms with Gasteiger partial charge in [-0.05, 0) is 25.0 Å². The highest BCUT2D eigenvalue weighted by Crippen LogP contribution is 2.24. The van der Waals surface area contributed by atoms with Crippen molar-refractivity contribution in [3.8, 4) is 0 Å². The number of hydrogen-bond donors (Lipinski definition) is 1. The molecule has 1 amide bonds. The van der Waals surface area contributed by atoms with E-state index in [2.05, 4.69) is 10.3 Å². The first-order valence-electron chi connectivity index (χ1n) is 6.73. The van der Waals surface area contributed by atoms with Gasteiger partial charge < -0.3 is 5.32 Å². The minimum Gasteiger partial charge on any atom is -0.347 e. The molecule has 3 rings (SSSR count). The Balaban J connectivity index is 1.78. The number of nitrogens with zero attached hydrogens (tertiary/aromatic N) is 1. The van der Waals surface area contributed by atoms with Crippen molar-refractivity contribution in [2.75, 3.05) is 0 Å². The second-order valence-electron chi connectivity index (χ2n) is 5.07. The van der Waals surface area contributed by atoms with Gasteiger partial charge in [-0.15, -0.1) is 11.3 Å². The van der Waals surface area contributed by atoms with Gasteiger partial charge in [-0.2, -0.15) is 0 Å². The molecule has 104 valence electrons. The van der Waals surface area contributed by atoms with Gasteiger partial charge in [0, 0.05) is 6.04 Å². The van der Waals surface area contributed by atoms with Gasteiger partial charge in [-0.1, -0.05) is 19.3 Å².